The van der Waals surface area contributed by atoms with Crippen LogP contribution in [0, 0.1) is 0 Å². The summed E-state index contributed by atoms with van der Waals surface area (Å²) in [4.78, 5) is 0. The molecule has 0 aliphatic rings. The molecule has 4 aromatic heterocycles. The minimum atomic E-state index is 0.920. The van der Waals surface area contributed by atoms with Gasteiger partial charge in [0.1, 0.15) is 11.2 Å². The van der Waals surface area contributed by atoms with Crippen molar-refractivity contribution in [2.24, 2.45) is 0 Å². The molecule has 0 aliphatic heterocycles. The van der Waals surface area contributed by atoms with E-state index < -0.39 is 0 Å². The van der Waals surface area contributed by atoms with Gasteiger partial charge in [-0.1, -0.05) is 115 Å². The second kappa shape index (κ2) is 10.5. The van der Waals surface area contributed by atoms with Gasteiger partial charge in [-0.15, -0.1) is 11.3 Å². The van der Waals surface area contributed by atoms with Crippen LogP contribution in [0.2, 0.25) is 0 Å². The number of fused-ring (bicyclic) bond motifs is 13. The summed E-state index contributed by atoms with van der Waals surface area (Å²) in [5, 5.41) is 9.90. The number of para-hydroxylation sites is 4. The minimum absolute atomic E-state index is 0.920. The molecule has 0 spiro atoms. The molecule has 52 heavy (non-hydrogen) atoms. The summed E-state index contributed by atoms with van der Waals surface area (Å²) in [6.07, 6.45) is 0. The number of hydrogen-bond donors (Lipinski definition) is 0. The Kier molecular flexibility index (Phi) is 5.65. The van der Waals surface area contributed by atoms with Crippen LogP contribution in [-0.2, 0) is 0 Å². The molecule has 242 valence electrons. The number of rotatable bonds is 3. The van der Waals surface area contributed by atoms with E-state index in [9.17, 15) is 0 Å². The van der Waals surface area contributed by atoms with Crippen LogP contribution < -0.4 is 0 Å². The molecule has 0 saturated carbocycles. The van der Waals surface area contributed by atoms with E-state index in [-0.39, 0.29) is 0 Å². The second-order valence-electron chi connectivity index (χ2n) is 13.6. The van der Waals surface area contributed by atoms with Gasteiger partial charge in [0.15, 0.2) is 0 Å². The average Bonchev–Trinajstić information content (AvgIpc) is 3.95. The van der Waals surface area contributed by atoms with Gasteiger partial charge in [0, 0.05) is 63.9 Å². The van der Waals surface area contributed by atoms with Crippen LogP contribution in [0.5, 0.6) is 0 Å². The van der Waals surface area contributed by atoms with E-state index in [1.54, 1.807) is 0 Å². The molecule has 0 amide bonds. The molecule has 0 N–H and O–H groups in total. The minimum Gasteiger partial charge on any atom is -0.456 e. The highest BCUT2D eigenvalue weighted by Crippen LogP contribution is 2.46. The Morgan fingerprint density at radius 1 is 0.365 bits per heavy atom. The van der Waals surface area contributed by atoms with Gasteiger partial charge >= 0.3 is 0 Å². The van der Waals surface area contributed by atoms with Crippen LogP contribution in [0.15, 0.2) is 174 Å². The van der Waals surface area contributed by atoms with Crippen molar-refractivity contribution in [2.45, 2.75) is 0 Å². The molecule has 0 bridgehead atoms. The largest absolute Gasteiger partial charge is 0.456 e. The third-order valence-electron chi connectivity index (χ3n) is 10.9. The van der Waals surface area contributed by atoms with Crippen molar-refractivity contribution >= 4 is 97.1 Å². The fourth-order valence-corrected chi connectivity index (χ4v) is 9.96. The Bertz CT molecular complexity index is 3410. The van der Waals surface area contributed by atoms with E-state index in [0.29, 0.717) is 0 Å². The van der Waals surface area contributed by atoms with Gasteiger partial charge in [-0.3, -0.25) is 0 Å². The molecule has 4 heteroatoms. The first-order valence-corrected chi connectivity index (χ1v) is 18.5. The molecule has 12 rings (SSSR count). The van der Waals surface area contributed by atoms with E-state index in [1.807, 2.05) is 17.4 Å². The lowest BCUT2D eigenvalue weighted by molar-refractivity contribution is 0.669. The first-order valence-electron chi connectivity index (χ1n) is 17.7. The lowest BCUT2D eigenvalue weighted by atomic mass is 9.95. The van der Waals surface area contributed by atoms with Crippen LogP contribution in [0.25, 0.3) is 108 Å². The number of hydrogen-bond acceptors (Lipinski definition) is 2. The summed E-state index contributed by atoms with van der Waals surface area (Å²) in [5.74, 6) is 0. The number of furan rings is 1. The van der Waals surface area contributed by atoms with Crippen molar-refractivity contribution in [3.63, 3.8) is 0 Å². The predicted molar refractivity (Wildman–Crippen MR) is 221 cm³/mol. The first-order chi connectivity index (χ1) is 25.8. The van der Waals surface area contributed by atoms with Gasteiger partial charge in [-0.25, -0.2) is 0 Å². The Morgan fingerprint density at radius 3 is 1.69 bits per heavy atom. The van der Waals surface area contributed by atoms with Crippen LogP contribution in [0.4, 0.5) is 0 Å². The molecule has 0 fully saturated rings. The summed E-state index contributed by atoms with van der Waals surface area (Å²) in [7, 11) is 0. The van der Waals surface area contributed by atoms with Crippen molar-refractivity contribution in [3.05, 3.63) is 170 Å². The van der Waals surface area contributed by atoms with Crippen molar-refractivity contribution in [1.29, 1.82) is 0 Å². The normalized spacial score (nSPS) is 12.2. The van der Waals surface area contributed by atoms with Crippen molar-refractivity contribution < 1.29 is 4.42 Å². The Labute approximate surface area is 301 Å². The lowest BCUT2D eigenvalue weighted by Gasteiger charge is -2.13. The zero-order valence-electron chi connectivity index (χ0n) is 27.9. The predicted octanol–water partition coefficient (Wildman–Crippen LogP) is 13.8. The molecule has 0 radical (unpaired) electrons. The summed E-state index contributed by atoms with van der Waals surface area (Å²) < 4.78 is 13.8. The van der Waals surface area contributed by atoms with Crippen LogP contribution in [0.1, 0.15) is 0 Å². The van der Waals surface area contributed by atoms with Crippen molar-refractivity contribution in [3.8, 4) is 22.5 Å². The third-order valence-corrected chi connectivity index (χ3v) is 12.0. The fourth-order valence-electron chi connectivity index (χ4n) is 8.79. The monoisotopic (exact) mass is 680 g/mol. The molecule has 0 saturated heterocycles. The highest BCUT2D eigenvalue weighted by Gasteiger charge is 2.22. The molecular formula is C48H28N2OS. The topological polar surface area (TPSA) is 23.0 Å². The average molecular weight is 681 g/mol. The summed E-state index contributed by atoms with van der Waals surface area (Å²) in [6.45, 7) is 0. The van der Waals surface area contributed by atoms with Gasteiger partial charge in [0.05, 0.1) is 22.1 Å². The Hall–Kier alpha value is -6.62. The maximum absolute atomic E-state index is 6.31. The summed E-state index contributed by atoms with van der Waals surface area (Å²) in [5.41, 5.74) is 11.5. The molecular weight excluding hydrogens is 653 g/mol. The third kappa shape index (κ3) is 3.74. The van der Waals surface area contributed by atoms with Crippen LogP contribution >= 0.6 is 11.3 Å². The van der Waals surface area contributed by atoms with E-state index in [0.717, 1.165) is 27.9 Å². The maximum Gasteiger partial charge on any atom is 0.136 e. The molecule has 12 aromatic rings. The van der Waals surface area contributed by atoms with Crippen LogP contribution in [-0.4, -0.2) is 9.13 Å². The van der Waals surface area contributed by atoms with Gasteiger partial charge in [-0.2, -0.15) is 0 Å². The fraction of sp³-hybridized carbons (Fsp3) is 0. The molecule has 0 unspecified atom stereocenters. The van der Waals surface area contributed by atoms with E-state index in [1.165, 1.54) is 80.3 Å². The standard InChI is InChI=1S/C48H28N2OS/c1-2-12-29(13-3-1)49-39-19-7-4-14-31(39)35-26-27-36-32-15-5-8-20-40(32)50(48(36)47(35)49)30-24-25-38-44(28-30)52-43-23-11-18-34(46(38)43)33-17-10-22-42-45(33)37-16-6-9-21-41(37)51-42/h1-28H. The zero-order chi connectivity index (χ0) is 33.9. The highest BCUT2D eigenvalue weighted by molar-refractivity contribution is 7.26. The van der Waals surface area contributed by atoms with E-state index in [4.69, 9.17) is 4.42 Å². The molecule has 0 aliphatic carbocycles. The second-order valence-corrected chi connectivity index (χ2v) is 14.7. The lowest BCUT2D eigenvalue weighted by Crippen LogP contribution is -1.98. The Morgan fingerprint density at radius 2 is 0.942 bits per heavy atom. The Balaban J connectivity index is 1.17. The van der Waals surface area contributed by atoms with E-state index in [2.05, 4.69) is 173 Å². The molecule has 0 atom stereocenters. The number of thiophene rings is 1. The molecule has 8 aromatic carbocycles. The van der Waals surface area contributed by atoms with E-state index >= 15 is 0 Å². The maximum atomic E-state index is 6.31. The smallest absolute Gasteiger partial charge is 0.136 e. The SMILES string of the molecule is c1ccc(-n2c3ccccc3c3ccc4c5ccccc5n(-c5ccc6c(c5)sc5cccc(-c7cccc8oc9ccccc9c78)c56)c4c32)cc1. The van der Waals surface area contributed by atoms with Crippen LogP contribution in [0.3, 0.4) is 0 Å². The summed E-state index contributed by atoms with van der Waals surface area (Å²) >= 11 is 1.87. The van der Waals surface area contributed by atoms with Gasteiger partial charge < -0.3 is 13.6 Å². The molecule has 4 heterocycles. The van der Waals surface area contributed by atoms with Gasteiger partial charge in [0.2, 0.25) is 0 Å². The summed E-state index contributed by atoms with van der Waals surface area (Å²) in [6, 6.07) is 61.6. The first kappa shape index (κ1) is 28.1. The van der Waals surface area contributed by atoms with Crippen molar-refractivity contribution in [2.75, 3.05) is 0 Å². The van der Waals surface area contributed by atoms with Crippen molar-refractivity contribution in [1.82, 2.24) is 9.13 Å². The number of aromatic nitrogens is 2. The van der Waals surface area contributed by atoms with Gasteiger partial charge in [-0.05, 0) is 65.7 Å². The quantitative estimate of drug-likeness (QED) is 0.182. The van der Waals surface area contributed by atoms with Gasteiger partial charge in [0.25, 0.3) is 0 Å². The highest BCUT2D eigenvalue weighted by atomic mass is 32.1. The number of benzene rings is 8. The zero-order valence-corrected chi connectivity index (χ0v) is 28.7. The molecule has 3 nitrogen and oxygen atoms in total. The number of nitrogens with zero attached hydrogens (tertiary/aromatic N) is 2.